The fraction of sp³-hybridized carbons (Fsp3) is 0.800. The van der Waals surface area contributed by atoms with Crippen LogP contribution in [0, 0.1) is 46.3 Å². The van der Waals surface area contributed by atoms with Crippen LogP contribution in [0.1, 0.15) is 97.8 Å². The first-order valence-electron chi connectivity index (χ1n) is 13.9. The number of ether oxygens (including phenoxy) is 1. The normalized spacial score (nSPS) is 41.9. The van der Waals surface area contributed by atoms with Crippen molar-refractivity contribution in [3.05, 3.63) is 24.3 Å². The van der Waals surface area contributed by atoms with Gasteiger partial charge in [0, 0.05) is 11.8 Å². The van der Waals surface area contributed by atoms with Gasteiger partial charge >= 0.3 is 0 Å². The van der Waals surface area contributed by atoms with Gasteiger partial charge in [-0.25, -0.2) is 0 Å². The Morgan fingerprint density at radius 3 is 2.66 bits per heavy atom. The molecular formula is C30H47NO. The number of rotatable bonds is 6. The van der Waals surface area contributed by atoms with Gasteiger partial charge in [-0.05, 0) is 123 Å². The van der Waals surface area contributed by atoms with Crippen molar-refractivity contribution in [2.75, 3.05) is 12.3 Å². The van der Waals surface area contributed by atoms with E-state index in [2.05, 4.69) is 20.8 Å². The first-order valence-corrected chi connectivity index (χ1v) is 13.9. The van der Waals surface area contributed by atoms with Crippen molar-refractivity contribution in [1.82, 2.24) is 0 Å². The summed E-state index contributed by atoms with van der Waals surface area (Å²) in [7, 11) is 0. The molecule has 0 aromatic heterocycles. The van der Waals surface area contributed by atoms with Crippen LogP contribution in [0.15, 0.2) is 24.3 Å². The first kappa shape index (κ1) is 22.6. The van der Waals surface area contributed by atoms with E-state index in [4.69, 9.17) is 10.5 Å². The lowest BCUT2D eigenvalue weighted by atomic mass is 9.44. The predicted molar refractivity (Wildman–Crippen MR) is 135 cm³/mol. The highest BCUT2D eigenvalue weighted by Gasteiger charge is 2.59. The average Bonchev–Trinajstić information content (AvgIpc) is 3.13. The van der Waals surface area contributed by atoms with E-state index in [1.807, 2.05) is 24.3 Å². The van der Waals surface area contributed by atoms with Gasteiger partial charge in [-0.3, -0.25) is 0 Å². The lowest BCUT2D eigenvalue weighted by Crippen LogP contribution is -2.53. The number of fused-ring (bicyclic) bond motifs is 5. The third kappa shape index (κ3) is 3.88. The number of benzene rings is 1. The first-order chi connectivity index (χ1) is 15.4. The summed E-state index contributed by atoms with van der Waals surface area (Å²) in [6.07, 6.45) is 17.6. The Morgan fingerprint density at radius 2 is 1.81 bits per heavy atom. The van der Waals surface area contributed by atoms with E-state index in [0.29, 0.717) is 10.8 Å². The maximum absolute atomic E-state index is 5.98. The van der Waals surface area contributed by atoms with E-state index in [9.17, 15) is 0 Å². The highest BCUT2D eigenvalue weighted by atomic mass is 16.5. The lowest BCUT2D eigenvalue weighted by molar-refractivity contribution is -0.114. The number of anilines is 1. The Balaban J connectivity index is 1.19. The zero-order valence-corrected chi connectivity index (χ0v) is 21.0. The molecule has 0 amide bonds. The Hall–Kier alpha value is -1.18. The van der Waals surface area contributed by atoms with Crippen molar-refractivity contribution >= 4 is 5.69 Å². The molecule has 2 heteroatoms. The maximum atomic E-state index is 5.98. The number of nitrogen functional groups attached to an aromatic ring is 1. The lowest BCUT2D eigenvalue weighted by Gasteiger charge is -2.61. The van der Waals surface area contributed by atoms with Crippen molar-refractivity contribution in [2.24, 2.45) is 46.3 Å². The zero-order chi connectivity index (χ0) is 22.3. The molecule has 2 nitrogen and oxygen atoms in total. The third-order valence-electron chi connectivity index (χ3n) is 11.3. The molecule has 0 aliphatic heterocycles. The SMILES string of the molecule is C[C@H](CCCOc1cccc(N)c1)[C@H]1CC[C@H]2[C@@H]3CCC4CCCC[C@]4(C)[C@H]3CC[C@]12C. The molecule has 0 heterocycles. The second-order valence-electron chi connectivity index (χ2n) is 12.7. The van der Waals surface area contributed by atoms with Crippen LogP contribution < -0.4 is 10.5 Å². The highest BCUT2D eigenvalue weighted by Crippen LogP contribution is 2.68. The molecule has 1 unspecified atom stereocenters. The van der Waals surface area contributed by atoms with Crippen LogP contribution in [0.2, 0.25) is 0 Å². The second kappa shape index (κ2) is 8.88. The number of hydrogen-bond donors (Lipinski definition) is 1. The summed E-state index contributed by atoms with van der Waals surface area (Å²) in [5.41, 5.74) is 7.93. The van der Waals surface area contributed by atoms with Crippen LogP contribution in [0.4, 0.5) is 5.69 Å². The summed E-state index contributed by atoms with van der Waals surface area (Å²) in [6.45, 7) is 8.78. The van der Waals surface area contributed by atoms with Crippen LogP contribution in [0.25, 0.3) is 0 Å². The highest BCUT2D eigenvalue weighted by molar-refractivity contribution is 5.43. The molecule has 0 saturated heterocycles. The molecule has 32 heavy (non-hydrogen) atoms. The Kier molecular flexibility index (Phi) is 6.27. The molecular weight excluding hydrogens is 390 g/mol. The quantitative estimate of drug-likeness (QED) is 0.360. The number of hydrogen-bond acceptors (Lipinski definition) is 2. The minimum Gasteiger partial charge on any atom is -0.494 e. The van der Waals surface area contributed by atoms with Crippen molar-refractivity contribution in [3.63, 3.8) is 0 Å². The largest absolute Gasteiger partial charge is 0.494 e. The van der Waals surface area contributed by atoms with Gasteiger partial charge in [0.15, 0.2) is 0 Å². The molecule has 0 bridgehead atoms. The van der Waals surface area contributed by atoms with Crippen LogP contribution in [-0.4, -0.2) is 6.61 Å². The van der Waals surface area contributed by atoms with E-state index in [-0.39, 0.29) is 0 Å². The molecule has 178 valence electrons. The topological polar surface area (TPSA) is 35.2 Å². The Labute approximate surface area is 197 Å². The molecule has 2 N–H and O–H groups in total. The molecule has 0 spiro atoms. The summed E-state index contributed by atoms with van der Waals surface area (Å²) in [5.74, 6) is 6.73. The van der Waals surface area contributed by atoms with Gasteiger partial charge in [-0.1, -0.05) is 39.7 Å². The monoisotopic (exact) mass is 437 g/mol. The Bertz CT molecular complexity index is 791. The summed E-state index contributed by atoms with van der Waals surface area (Å²) in [5, 5.41) is 0. The zero-order valence-electron chi connectivity index (χ0n) is 21.0. The molecule has 8 atom stereocenters. The van der Waals surface area contributed by atoms with E-state index < -0.39 is 0 Å². The van der Waals surface area contributed by atoms with Gasteiger partial charge in [0.2, 0.25) is 0 Å². The van der Waals surface area contributed by atoms with Crippen molar-refractivity contribution in [3.8, 4) is 5.75 Å². The molecule has 4 saturated carbocycles. The number of nitrogens with two attached hydrogens (primary N) is 1. The molecule has 4 aliphatic rings. The maximum Gasteiger partial charge on any atom is 0.121 e. The van der Waals surface area contributed by atoms with Crippen molar-refractivity contribution in [2.45, 2.75) is 97.8 Å². The fourth-order valence-electron chi connectivity index (χ4n) is 9.67. The molecule has 5 rings (SSSR count). The van der Waals surface area contributed by atoms with Crippen molar-refractivity contribution in [1.29, 1.82) is 0 Å². The standard InChI is InChI=1S/C30H47NO/c1-21(8-7-19-32-24-11-6-10-23(31)20-24)26-14-15-27-25-13-12-22-9-4-5-17-29(22,2)28(25)16-18-30(26,27)3/h6,10-11,20-22,25-28H,4-5,7-9,12-19,31H2,1-3H3/t21-,22?,25+,26-,27+,28+,29+,30-/m1/s1. The molecule has 1 aromatic carbocycles. The molecule has 4 aliphatic carbocycles. The van der Waals surface area contributed by atoms with Crippen LogP contribution in [0.3, 0.4) is 0 Å². The summed E-state index contributed by atoms with van der Waals surface area (Å²) < 4.78 is 5.98. The Morgan fingerprint density at radius 1 is 0.969 bits per heavy atom. The third-order valence-corrected chi connectivity index (χ3v) is 11.3. The minimum absolute atomic E-state index is 0.590. The van der Waals surface area contributed by atoms with E-state index in [1.165, 1.54) is 64.2 Å². The van der Waals surface area contributed by atoms with Gasteiger partial charge in [0.25, 0.3) is 0 Å². The van der Waals surface area contributed by atoms with Crippen LogP contribution >= 0.6 is 0 Å². The smallest absolute Gasteiger partial charge is 0.121 e. The second-order valence-corrected chi connectivity index (χ2v) is 12.7. The van der Waals surface area contributed by atoms with Crippen LogP contribution in [0.5, 0.6) is 5.75 Å². The van der Waals surface area contributed by atoms with E-state index >= 15 is 0 Å². The van der Waals surface area contributed by atoms with Gasteiger partial charge in [0.05, 0.1) is 6.61 Å². The molecule has 4 fully saturated rings. The fourth-order valence-corrected chi connectivity index (χ4v) is 9.67. The molecule has 0 radical (unpaired) electrons. The molecule has 1 aromatic rings. The summed E-state index contributed by atoms with van der Waals surface area (Å²) in [4.78, 5) is 0. The van der Waals surface area contributed by atoms with Crippen molar-refractivity contribution < 1.29 is 4.74 Å². The minimum atomic E-state index is 0.590. The van der Waals surface area contributed by atoms with E-state index in [1.54, 1.807) is 6.42 Å². The van der Waals surface area contributed by atoms with Gasteiger partial charge < -0.3 is 10.5 Å². The van der Waals surface area contributed by atoms with Gasteiger partial charge in [-0.15, -0.1) is 0 Å². The van der Waals surface area contributed by atoms with E-state index in [0.717, 1.165) is 60.0 Å². The van der Waals surface area contributed by atoms with Gasteiger partial charge in [0.1, 0.15) is 5.75 Å². The average molecular weight is 438 g/mol. The summed E-state index contributed by atoms with van der Waals surface area (Å²) in [6, 6.07) is 7.85. The summed E-state index contributed by atoms with van der Waals surface area (Å²) >= 11 is 0. The predicted octanol–water partition coefficient (Wildman–Crippen LogP) is 8.11. The van der Waals surface area contributed by atoms with Gasteiger partial charge in [-0.2, -0.15) is 0 Å². The van der Waals surface area contributed by atoms with Crippen LogP contribution in [-0.2, 0) is 0 Å².